The fourth-order valence-electron chi connectivity index (χ4n) is 0.145. The van der Waals surface area contributed by atoms with Crippen LogP contribution in [0.4, 0.5) is 0 Å². The van der Waals surface area contributed by atoms with Gasteiger partial charge in [0.2, 0.25) is 0 Å². The van der Waals surface area contributed by atoms with Gasteiger partial charge in [-0.05, 0) is 20.8 Å². The van der Waals surface area contributed by atoms with Gasteiger partial charge in [0.05, 0.1) is 0 Å². The summed E-state index contributed by atoms with van der Waals surface area (Å²) in [6.45, 7) is 5.00. The number of oxime groups is 2. The van der Waals surface area contributed by atoms with Crippen LogP contribution >= 0.6 is 0 Å². The molecule has 0 heterocycles. The van der Waals surface area contributed by atoms with E-state index in [0.717, 1.165) is 0 Å². The van der Waals surface area contributed by atoms with E-state index >= 15 is 0 Å². The molecule has 0 aliphatic rings. The van der Waals surface area contributed by atoms with Crippen molar-refractivity contribution < 1.29 is 15.5 Å². The highest BCUT2D eigenvalue weighted by Gasteiger charge is 1.93. The first-order valence-electron chi connectivity index (χ1n) is 3.12. The van der Waals surface area contributed by atoms with Crippen molar-refractivity contribution >= 4 is 11.4 Å². The summed E-state index contributed by atoms with van der Waals surface area (Å²) in [4.78, 5) is 0. The summed E-state index contributed by atoms with van der Waals surface area (Å²) in [7, 11) is 0. The molecule has 0 aliphatic heterocycles. The van der Waals surface area contributed by atoms with Crippen LogP contribution in [0.1, 0.15) is 20.8 Å². The molecule has 5 heteroatoms. The fourth-order valence-corrected chi connectivity index (χ4v) is 0.145. The first kappa shape index (κ1) is 12.6. The second-order valence-electron chi connectivity index (χ2n) is 1.69. The number of aliphatic hydroxyl groups excluding tert-OH is 1. The lowest BCUT2D eigenvalue weighted by Gasteiger charge is -1.88. The van der Waals surface area contributed by atoms with E-state index in [1.807, 2.05) is 0 Å². The van der Waals surface area contributed by atoms with Gasteiger partial charge < -0.3 is 15.5 Å². The second kappa shape index (κ2) is 8.90. The Hall–Kier alpha value is -1.10. The first-order valence-corrected chi connectivity index (χ1v) is 3.12. The minimum absolute atomic E-state index is 0.250. The maximum absolute atomic E-state index is 8.03. The van der Waals surface area contributed by atoms with Gasteiger partial charge in [-0.2, -0.15) is 0 Å². The molecule has 0 saturated heterocycles. The summed E-state index contributed by atoms with van der Waals surface area (Å²) in [5, 5.41) is 29.2. The molecule has 0 amide bonds. The molecule has 0 saturated carbocycles. The van der Waals surface area contributed by atoms with E-state index in [2.05, 4.69) is 10.3 Å². The molecule has 0 fully saturated rings. The molecule has 0 atom stereocenters. The van der Waals surface area contributed by atoms with Crippen LogP contribution in [0.2, 0.25) is 0 Å². The second-order valence-corrected chi connectivity index (χ2v) is 1.69. The molecule has 66 valence electrons. The standard InChI is InChI=1S/C4H8N2O2.C2H6O/c1-3(5-7)4(2)6-8;1-2-3/h7-8H,1-2H3;3H,2H2,1H3/b5-3-,6-4-;. The third kappa shape index (κ3) is 8.90. The van der Waals surface area contributed by atoms with E-state index in [0.29, 0.717) is 11.4 Å². The monoisotopic (exact) mass is 162 g/mol. The maximum Gasteiger partial charge on any atom is 0.101 e. The Bertz CT molecular complexity index is 127. The molecule has 0 aromatic heterocycles. The topological polar surface area (TPSA) is 85.4 Å². The Balaban J connectivity index is 0. The SMILES string of the molecule is CC(=N/O)/C(C)=N\O.CCO. The van der Waals surface area contributed by atoms with Crippen LogP contribution in [0.3, 0.4) is 0 Å². The first-order chi connectivity index (χ1) is 5.13. The number of rotatable bonds is 1. The Labute approximate surface area is 65.7 Å². The fraction of sp³-hybridized carbons (Fsp3) is 0.667. The van der Waals surface area contributed by atoms with Crippen LogP contribution in [0, 0.1) is 0 Å². The molecule has 0 rings (SSSR count). The summed E-state index contributed by atoms with van der Waals surface area (Å²) in [5.41, 5.74) is 0.625. The van der Waals surface area contributed by atoms with Gasteiger partial charge in [0.25, 0.3) is 0 Å². The summed E-state index contributed by atoms with van der Waals surface area (Å²) < 4.78 is 0. The Morgan fingerprint density at radius 2 is 1.27 bits per heavy atom. The van der Waals surface area contributed by atoms with E-state index < -0.39 is 0 Å². The van der Waals surface area contributed by atoms with Gasteiger partial charge in [-0.15, -0.1) is 0 Å². The van der Waals surface area contributed by atoms with Crippen molar-refractivity contribution in [2.75, 3.05) is 6.61 Å². The van der Waals surface area contributed by atoms with Crippen molar-refractivity contribution in [2.24, 2.45) is 10.3 Å². The molecule has 11 heavy (non-hydrogen) atoms. The molecule has 0 aliphatic carbocycles. The molecule has 0 bridgehead atoms. The minimum atomic E-state index is 0.250. The third-order valence-electron chi connectivity index (χ3n) is 0.824. The largest absolute Gasteiger partial charge is 0.411 e. The van der Waals surface area contributed by atoms with E-state index in [1.54, 1.807) is 6.92 Å². The van der Waals surface area contributed by atoms with Gasteiger partial charge in [0, 0.05) is 6.61 Å². The summed E-state index contributed by atoms with van der Waals surface area (Å²) in [5.74, 6) is 0. The average molecular weight is 162 g/mol. The highest BCUT2D eigenvalue weighted by Crippen LogP contribution is 1.79. The molecular formula is C6H14N2O3. The van der Waals surface area contributed by atoms with Crippen LogP contribution in [-0.2, 0) is 0 Å². The number of nitrogens with zero attached hydrogens (tertiary/aromatic N) is 2. The smallest absolute Gasteiger partial charge is 0.101 e. The van der Waals surface area contributed by atoms with Crippen molar-refractivity contribution in [3.8, 4) is 0 Å². The van der Waals surface area contributed by atoms with Gasteiger partial charge in [0.1, 0.15) is 11.4 Å². The van der Waals surface area contributed by atoms with Gasteiger partial charge >= 0.3 is 0 Å². The molecule has 5 nitrogen and oxygen atoms in total. The van der Waals surface area contributed by atoms with Crippen LogP contribution in [-0.4, -0.2) is 33.6 Å². The zero-order chi connectivity index (χ0) is 9.28. The van der Waals surface area contributed by atoms with Crippen molar-refractivity contribution in [3.63, 3.8) is 0 Å². The third-order valence-corrected chi connectivity index (χ3v) is 0.824. The van der Waals surface area contributed by atoms with E-state index in [-0.39, 0.29) is 6.61 Å². The van der Waals surface area contributed by atoms with Gasteiger partial charge in [0.15, 0.2) is 0 Å². The normalized spacial score (nSPS) is 12.0. The van der Waals surface area contributed by atoms with Crippen LogP contribution in [0.15, 0.2) is 10.3 Å². The van der Waals surface area contributed by atoms with E-state index in [9.17, 15) is 0 Å². The van der Waals surface area contributed by atoms with E-state index in [4.69, 9.17) is 15.5 Å². The lowest BCUT2D eigenvalue weighted by Crippen LogP contribution is -2.04. The molecule has 3 N–H and O–H groups in total. The van der Waals surface area contributed by atoms with Crippen LogP contribution < -0.4 is 0 Å². The molecule has 0 aromatic rings. The highest BCUT2D eigenvalue weighted by molar-refractivity contribution is 6.40. The summed E-state index contributed by atoms with van der Waals surface area (Å²) in [6.07, 6.45) is 0. The maximum atomic E-state index is 8.03. The zero-order valence-corrected chi connectivity index (χ0v) is 6.94. The molecule has 0 spiro atoms. The number of hydrogen-bond donors (Lipinski definition) is 3. The number of aliphatic hydroxyl groups is 1. The highest BCUT2D eigenvalue weighted by atomic mass is 16.4. The Morgan fingerprint density at radius 1 is 1.09 bits per heavy atom. The van der Waals surface area contributed by atoms with Crippen LogP contribution in [0.5, 0.6) is 0 Å². The molecular weight excluding hydrogens is 148 g/mol. The molecule has 0 radical (unpaired) electrons. The quantitative estimate of drug-likeness (QED) is 0.301. The Morgan fingerprint density at radius 3 is 1.36 bits per heavy atom. The van der Waals surface area contributed by atoms with Crippen molar-refractivity contribution in [1.82, 2.24) is 0 Å². The summed E-state index contributed by atoms with van der Waals surface area (Å²) in [6, 6.07) is 0. The predicted octanol–water partition coefficient (Wildman–Crippen LogP) is 0.685. The summed E-state index contributed by atoms with van der Waals surface area (Å²) >= 11 is 0. The lowest BCUT2D eigenvalue weighted by molar-refractivity contribution is 0.313. The van der Waals surface area contributed by atoms with Gasteiger partial charge in [-0.3, -0.25) is 0 Å². The van der Waals surface area contributed by atoms with Crippen LogP contribution in [0.25, 0.3) is 0 Å². The van der Waals surface area contributed by atoms with Gasteiger partial charge in [-0.25, -0.2) is 0 Å². The molecule has 0 unspecified atom stereocenters. The Kier molecular flexibility index (Phi) is 10.2. The van der Waals surface area contributed by atoms with Gasteiger partial charge in [-0.1, -0.05) is 10.3 Å². The van der Waals surface area contributed by atoms with E-state index in [1.165, 1.54) is 13.8 Å². The van der Waals surface area contributed by atoms with Crippen molar-refractivity contribution in [1.29, 1.82) is 0 Å². The predicted molar refractivity (Wildman–Crippen MR) is 42.6 cm³/mol. The zero-order valence-electron chi connectivity index (χ0n) is 6.94. The lowest BCUT2D eigenvalue weighted by atomic mass is 10.3. The van der Waals surface area contributed by atoms with Crippen molar-refractivity contribution in [3.05, 3.63) is 0 Å². The molecule has 0 aromatic carbocycles. The minimum Gasteiger partial charge on any atom is -0.411 e. The number of hydrogen-bond acceptors (Lipinski definition) is 5. The van der Waals surface area contributed by atoms with Crippen molar-refractivity contribution in [2.45, 2.75) is 20.8 Å². The average Bonchev–Trinajstić information content (AvgIpc) is 2.03.